The van der Waals surface area contributed by atoms with Gasteiger partial charge in [0, 0.05) is 18.6 Å². The number of nitrogens with one attached hydrogen (secondary N) is 1. The zero-order valence-electron chi connectivity index (χ0n) is 14.1. The third-order valence-electron chi connectivity index (χ3n) is 4.40. The molecular weight excluding hydrogens is 260 g/mol. The minimum absolute atomic E-state index is 0.416. The Labute approximate surface area is 129 Å². The summed E-state index contributed by atoms with van der Waals surface area (Å²) >= 11 is 0. The molecule has 2 unspecified atom stereocenters. The smallest absolute Gasteiger partial charge is 0.119 e. The van der Waals surface area contributed by atoms with Crippen molar-refractivity contribution in [2.75, 3.05) is 26.7 Å². The van der Waals surface area contributed by atoms with Crippen molar-refractivity contribution in [2.24, 2.45) is 5.92 Å². The lowest BCUT2D eigenvalue weighted by molar-refractivity contribution is 0.157. The van der Waals surface area contributed by atoms with Gasteiger partial charge in [0.2, 0.25) is 0 Å². The number of fused-ring (bicyclic) bond motifs is 1. The first-order valence-corrected chi connectivity index (χ1v) is 8.24. The van der Waals surface area contributed by atoms with E-state index in [9.17, 15) is 0 Å². The maximum atomic E-state index is 5.41. The molecule has 3 heteroatoms. The van der Waals surface area contributed by atoms with Crippen LogP contribution >= 0.6 is 0 Å². The van der Waals surface area contributed by atoms with Gasteiger partial charge in [0.25, 0.3) is 0 Å². The van der Waals surface area contributed by atoms with Crippen LogP contribution in [0.2, 0.25) is 0 Å². The maximum absolute atomic E-state index is 5.41. The summed E-state index contributed by atoms with van der Waals surface area (Å²) in [5, 5.41) is 3.69. The molecular formula is C18H30N2O. The SMILES string of the molecule is CCNC1c2cc(OC)ccc2CC1N(CC)CC(C)C. The Morgan fingerprint density at radius 3 is 2.67 bits per heavy atom. The van der Waals surface area contributed by atoms with Crippen molar-refractivity contribution < 1.29 is 4.74 Å². The number of rotatable bonds is 7. The van der Waals surface area contributed by atoms with Gasteiger partial charge in [-0.25, -0.2) is 0 Å². The standard InChI is InChI=1S/C18H30N2O/c1-6-19-18-16-11-15(21-5)9-8-14(16)10-17(18)20(7-2)12-13(3)4/h8-9,11,13,17-19H,6-7,10,12H2,1-5H3. The van der Waals surface area contributed by atoms with Gasteiger partial charge in [0.1, 0.15) is 5.75 Å². The molecule has 0 fully saturated rings. The summed E-state index contributed by atoms with van der Waals surface area (Å²) in [6, 6.07) is 7.51. The highest BCUT2D eigenvalue weighted by Crippen LogP contribution is 2.36. The Bertz CT molecular complexity index is 459. The average molecular weight is 290 g/mol. The van der Waals surface area contributed by atoms with Crippen LogP contribution in [0.1, 0.15) is 44.9 Å². The van der Waals surface area contributed by atoms with E-state index in [1.165, 1.54) is 11.1 Å². The second kappa shape index (κ2) is 7.28. The van der Waals surface area contributed by atoms with E-state index in [2.05, 4.69) is 56.1 Å². The first-order chi connectivity index (χ1) is 10.1. The minimum atomic E-state index is 0.416. The van der Waals surface area contributed by atoms with Gasteiger partial charge in [-0.2, -0.15) is 0 Å². The molecule has 0 aliphatic heterocycles. The first kappa shape index (κ1) is 16.3. The Kier molecular flexibility index (Phi) is 5.65. The average Bonchev–Trinajstić information content (AvgIpc) is 2.83. The Balaban J connectivity index is 2.27. The van der Waals surface area contributed by atoms with E-state index in [4.69, 9.17) is 4.74 Å². The van der Waals surface area contributed by atoms with Crippen LogP contribution in [-0.2, 0) is 6.42 Å². The van der Waals surface area contributed by atoms with Crippen LogP contribution < -0.4 is 10.1 Å². The molecule has 0 bridgehead atoms. The third-order valence-corrected chi connectivity index (χ3v) is 4.40. The van der Waals surface area contributed by atoms with Gasteiger partial charge in [-0.1, -0.05) is 33.8 Å². The molecule has 0 amide bonds. The van der Waals surface area contributed by atoms with Crippen molar-refractivity contribution in [3.63, 3.8) is 0 Å². The fourth-order valence-corrected chi connectivity index (χ4v) is 3.50. The largest absolute Gasteiger partial charge is 0.497 e. The van der Waals surface area contributed by atoms with Gasteiger partial charge in [0.05, 0.1) is 7.11 Å². The fourth-order valence-electron chi connectivity index (χ4n) is 3.50. The predicted molar refractivity (Wildman–Crippen MR) is 89.0 cm³/mol. The second-order valence-corrected chi connectivity index (χ2v) is 6.35. The third kappa shape index (κ3) is 3.58. The summed E-state index contributed by atoms with van der Waals surface area (Å²) in [5.74, 6) is 1.66. The molecule has 2 atom stereocenters. The van der Waals surface area contributed by atoms with Gasteiger partial charge in [-0.3, -0.25) is 4.90 Å². The quantitative estimate of drug-likeness (QED) is 0.834. The first-order valence-electron chi connectivity index (χ1n) is 8.24. The summed E-state index contributed by atoms with van der Waals surface area (Å²) in [6.45, 7) is 12.3. The molecule has 0 radical (unpaired) electrons. The van der Waals surface area contributed by atoms with Crippen molar-refractivity contribution in [2.45, 2.75) is 46.2 Å². The van der Waals surface area contributed by atoms with Crippen molar-refractivity contribution in [3.8, 4) is 5.75 Å². The van der Waals surface area contributed by atoms with E-state index in [0.29, 0.717) is 18.0 Å². The summed E-state index contributed by atoms with van der Waals surface area (Å²) in [7, 11) is 1.74. The molecule has 0 aromatic heterocycles. The van der Waals surface area contributed by atoms with Crippen LogP contribution in [0, 0.1) is 5.92 Å². The molecule has 0 saturated heterocycles. The topological polar surface area (TPSA) is 24.5 Å². The van der Waals surface area contributed by atoms with Gasteiger partial charge in [-0.05, 0) is 48.7 Å². The summed E-state index contributed by atoms with van der Waals surface area (Å²) in [6.07, 6.45) is 1.14. The maximum Gasteiger partial charge on any atom is 0.119 e. The van der Waals surface area contributed by atoms with Crippen LogP contribution in [0.15, 0.2) is 18.2 Å². The molecule has 1 aliphatic carbocycles. The predicted octanol–water partition coefficient (Wildman–Crippen LogP) is 3.25. The molecule has 0 heterocycles. The lowest BCUT2D eigenvalue weighted by atomic mass is 10.0. The van der Waals surface area contributed by atoms with Crippen molar-refractivity contribution >= 4 is 0 Å². The van der Waals surface area contributed by atoms with Gasteiger partial charge < -0.3 is 10.1 Å². The Morgan fingerprint density at radius 2 is 2.10 bits per heavy atom. The number of ether oxygens (including phenoxy) is 1. The molecule has 2 rings (SSSR count). The molecule has 1 aliphatic rings. The van der Waals surface area contributed by atoms with E-state index in [1.807, 2.05) is 0 Å². The zero-order valence-corrected chi connectivity index (χ0v) is 14.1. The minimum Gasteiger partial charge on any atom is -0.497 e. The van der Waals surface area contributed by atoms with E-state index < -0.39 is 0 Å². The molecule has 0 spiro atoms. The van der Waals surface area contributed by atoms with E-state index in [-0.39, 0.29) is 0 Å². The molecule has 118 valence electrons. The molecule has 1 aromatic rings. The summed E-state index contributed by atoms with van der Waals surface area (Å²) < 4.78 is 5.41. The summed E-state index contributed by atoms with van der Waals surface area (Å²) in [4.78, 5) is 2.63. The molecule has 0 saturated carbocycles. The monoisotopic (exact) mass is 290 g/mol. The van der Waals surface area contributed by atoms with E-state index in [1.54, 1.807) is 7.11 Å². The number of hydrogen-bond donors (Lipinski definition) is 1. The Hall–Kier alpha value is -1.06. The highest BCUT2D eigenvalue weighted by Gasteiger charge is 2.35. The fraction of sp³-hybridized carbons (Fsp3) is 0.667. The van der Waals surface area contributed by atoms with Gasteiger partial charge >= 0.3 is 0 Å². The second-order valence-electron chi connectivity index (χ2n) is 6.35. The lowest BCUT2D eigenvalue weighted by Crippen LogP contribution is -2.44. The zero-order chi connectivity index (χ0) is 15.4. The number of hydrogen-bond acceptors (Lipinski definition) is 3. The highest BCUT2D eigenvalue weighted by atomic mass is 16.5. The lowest BCUT2D eigenvalue weighted by Gasteiger charge is -2.34. The van der Waals surface area contributed by atoms with Crippen molar-refractivity contribution in [1.82, 2.24) is 10.2 Å². The molecule has 21 heavy (non-hydrogen) atoms. The molecule has 3 nitrogen and oxygen atoms in total. The van der Waals surface area contributed by atoms with Crippen LogP contribution in [0.25, 0.3) is 0 Å². The van der Waals surface area contributed by atoms with E-state index >= 15 is 0 Å². The number of nitrogens with zero attached hydrogens (tertiary/aromatic N) is 1. The number of benzene rings is 1. The van der Waals surface area contributed by atoms with Crippen molar-refractivity contribution in [3.05, 3.63) is 29.3 Å². The number of methoxy groups -OCH3 is 1. The number of likely N-dealkylation sites (N-methyl/N-ethyl adjacent to an activating group) is 2. The van der Waals surface area contributed by atoms with Crippen LogP contribution in [0.3, 0.4) is 0 Å². The van der Waals surface area contributed by atoms with Gasteiger partial charge in [-0.15, -0.1) is 0 Å². The highest BCUT2D eigenvalue weighted by molar-refractivity contribution is 5.42. The van der Waals surface area contributed by atoms with Crippen LogP contribution in [-0.4, -0.2) is 37.7 Å². The molecule has 1 aromatic carbocycles. The molecule has 1 N–H and O–H groups in total. The van der Waals surface area contributed by atoms with Gasteiger partial charge in [0.15, 0.2) is 0 Å². The Morgan fingerprint density at radius 1 is 1.33 bits per heavy atom. The van der Waals surface area contributed by atoms with E-state index in [0.717, 1.165) is 31.8 Å². The van der Waals surface area contributed by atoms with Crippen molar-refractivity contribution in [1.29, 1.82) is 0 Å². The van der Waals surface area contributed by atoms with Crippen LogP contribution in [0.4, 0.5) is 0 Å². The normalized spacial score (nSPS) is 21.1. The van der Waals surface area contributed by atoms with Crippen LogP contribution in [0.5, 0.6) is 5.75 Å². The summed E-state index contributed by atoms with van der Waals surface area (Å²) in [5.41, 5.74) is 2.89.